The fourth-order valence-corrected chi connectivity index (χ4v) is 7.89. The van der Waals surface area contributed by atoms with E-state index in [1.54, 1.807) is 29.2 Å². The number of nitrogens with zero attached hydrogens (tertiary/aromatic N) is 5. The molecule has 0 N–H and O–H groups in total. The third-order valence-corrected chi connectivity index (χ3v) is 10.9. The Morgan fingerprint density at radius 2 is 1.92 bits per heavy atom. The molecule has 0 bridgehead atoms. The van der Waals surface area contributed by atoms with Gasteiger partial charge in [-0.15, -0.1) is 11.3 Å². The highest BCUT2D eigenvalue weighted by molar-refractivity contribution is 14.1. The van der Waals surface area contributed by atoms with Crippen LogP contribution in [-0.2, 0) is 25.6 Å². The molecule has 3 aromatic heterocycles. The predicted octanol–water partition coefficient (Wildman–Crippen LogP) is 5.95. The number of hydrogen-bond donors (Lipinski definition) is 0. The average molecular weight is 754 g/mol. The van der Waals surface area contributed by atoms with Crippen LogP contribution in [0.5, 0.6) is 0 Å². The van der Waals surface area contributed by atoms with E-state index in [9.17, 15) is 26.4 Å². The van der Waals surface area contributed by atoms with E-state index in [1.165, 1.54) is 11.3 Å². The van der Waals surface area contributed by atoms with Crippen LogP contribution in [0.3, 0.4) is 0 Å². The number of amides is 1. The van der Waals surface area contributed by atoms with Crippen molar-refractivity contribution in [1.82, 2.24) is 24.4 Å². The van der Waals surface area contributed by atoms with Crippen LogP contribution in [-0.4, -0.2) is 57.3 Å². The van der Waals surface area contributed by atoms with Gasteiger partial charge in [-0.25, -0.2) is 23.4 Å². The number of imidazole rings is 1. The maximum absolute atomic E-state index is 13.2. The van der Waals surface area contributed by atoms with E-state index in [4.69, 9.17) is 4.98 Å². The molecule has 0 atom stereocenters. The molecule has 1 aliphatic rings. The van der Waals surface area contributed by atoms with Crippen LogP contribution in [0.4, 0.5) is 13.2 Å². The number of aromatic nitrogens is 4. The number of rotatable bonds is 6. The Hall–Kier alpha value is -2.11. The first-order valence-corrected chi connectivity index (χ1v) is 16.3. The van der Waals surface area contributed by atoms with Gasteiger partial charge in [-0.05, 0) is 43.2 Å². The Kier molecular flexibility index (Phi) is 8.05. The number of pyridine rings is 1. The summed E-state index contributed by atoms with van der Waals surface area (Å²) in [6, 6.07) is 7.17. The van der Waals surface area contributed by atoms with Crippen molar-refractivity contribution >= 4 is 76.8 Å². The molecule has 0 aliphatic carbocycles. The van der Waals surface area contributed by atoms with E-state index in [1.807, 2.05) is 11.0 Å². The monoisotopic (exact) mass is 753 g/mol. The fourth-order valence-electron chi connectivity index (χ4n) is 4.48. The second-order valence-corrected chi connectivity index (χ2v) is 13.7. The van der Waals surface area contributed by atoms with Gasteiger partial charge >= 0.3 is 5.51 Å². The molecule has 8 nitrogen and oxygen atoms in total. The summed E-state index contributed by atoms with van der Waals surface area (Å²) in [4.78, 5) is 28.1. The zero-order chi connectivity index (χ0) is 27.9. The molecule has 0 spiro atoms. The molecular formula is C24H20BrF3IN5O3S2. The molecule has 1 saturated heterocycles. The quantitative estimate of drug-likeness (QED) is 0.178. The van der Waals surface area contributed by atoms with Gasteiger partial charge in [0.05, 0.1) is 21.9 Å². The largest absolute Gasteiger partial charge is 0.501 e. The smallest absolute Gasteiger partial charge is 0.341 e. The molecule has 15 heteroatoms. The molecule has 1 aliphatic heterocycles. The Balaban J connectivity index is 1.32. The van der Waals surface area contributed by atoms with Crippen molar-refractivity contribution in [3.63, 3.8) is 0 Å². The number of hydrogen-bond acceptors (Lipinski definition) is 7. The maximum atomic E-state index is 13.2. The third-order valence-electron chi connectivity index (χ3n) is 6.47. The van der Waals surface area contributed by atoms with E-state index in [-0.39, 0.29) is 22.8 Å². The van der Waals surface area contributed by atoms with Gasteiger partial charge in [0.2, 0.25) is 5.91 Å². The molecular weight excluding hydrogens is 734 g/mol. The molecule has 0 saturated carbocycles. The highest BCUT2D eigenvalue weighted by Crippen LogP contribution is 2.40. The Morgan fingerprint density at radius 3 is 2.62 bits per heavy atom. The van der Waals surface area contributed by atoms with E-state index in [0.29, 0.717) is 47.3 Å². The Bertz CT molecular complexity index is 1650. The number of sulfone groups is 1. The highest BCUT2D eigenvalue weighted by Gasteiger charge is 2.47. The van der Waals surface area contributed by atoms with Gasteiger partial charge in [-0.2, -0.15) is 13.2 Å². The van der Waals surface area contributed by atoms with Gasteiger partial charge in [-0.3, -0.25) is 4.79 Å². The molecule has 1 fully saturated rings. The van der Waals surface area contributed by atoms with Crippen molar-refractivity contribution < 1.29 is 26.4 Å². The van der Waals surface area contributed by atoms with Gasteiger partial charge in [-0.1, -0.05) is 38.5 Å². The molecule has 206 valence electrons. The van der Waals surface area contributed by atoms with Gasteiger partial charge < -0.3 is 9.47 Å². The summed E-state index contributed by atoms with van der Waals surface area (Å²) in [6.45, 7) is 1.23. The van der Waals surface area contributed by atoms with Crippen molar-refractivity contribution in [1.29, 1.82) is 0 Å². The number of piperidine rings is 1. The minimum atomic E-state index is -5.51. The number of alkyl halides is 4. The molecule has 5 rings (SSSR count). The summed E-state index contributed by atoms with van der Waals surface area (Å²) in [5.74, 6) is 0.0505. The minimum absolute atomic E-state index is 0.0290. The number of thiazole rings is 1. The van der Waals surface area contributed by atoms with Gasteiger partial charge in [0.25, 0.3) is 9.84 Å². The van der Waals surface area contributed by atoms with E-state index >= 15 is 0 Å². The number of carbonyl (C=O) groups excluding carboxylic acids is 1. The number of fused-ring (bicyclic) bond motifs is 1. The summed E-state index contributed by atoms with van der Waals surface area (Å²) in [5.41, 5.74) is -3.25. The van der Waals surface area contributed by atoms with Crippen LogP contribution in [0.1, 0.15) is 28.6 Å². The molecule has 0 unspecified atom stereocenters. The lowest BCUT2D eigenvalue weighted by Crippen LogP contribution is -2.39. The number of benzene rings is 1. The summed E-state index contributed by atoms with van der Waals surface area (Å²) in [7, 11) is -5.51. The summed E-state index contributed by atoms with van der Waals surface area (Å²) in [6.07, 6.45) is 4.65. The summed E-state index contributed by atoms with van der Waals surface area (Å²) < 4.78 is 66.1. The molecule has 0 radical (unpaired) electrons. The average Bonchev–Trinajstić information content (AvgIpc) is 3.52. The SMILES string of the molecule is O=C(Cn1cnc2cccnc21)N1CCC(c2nc(-c3cc(Br)cc(S(=O)(=O)C(F)(F)F)c3)c(CI)s2)CC1. The second kappa shape index (κ2) is 11.0. The lowest BCUT2D eigenvalue weighted by molar-refractivity contribution is -0.132. The van der Waals surface area contributed by atoms with Crippen molar-refractivity contribution in [2.24, 2.45) is 0 Å². The van der Waals surface area contributed by atoms with Crippen molar-refractivity contribution in [2.75, 3.05) is 13.1 Å². The highest BCUT2D eigenvalue weighted by atomic mass is 127. The van der Waals surface area contributed by atoms with Crippen LogP contribution < -0.4 is 0 Å². The number of likely N-dealkylation sites (tertiary alicyclic amines) is 1. The van der Waals surface area contributed by atoms with E-state index < -0.39 is 20.2 Å². The normalized spacial score (nSPS) is 15.3. The van der Waals surface area contributed by atoms with Crippen molar-refractivity contribution in [3.05, 3.63) is 57.2 Å². The minimum Gasteiger partial charge on any atom is -0.341 e. The first-order chi connectivity index (χ1) is 18.5. The van der Waals surface area contributed by atoms with Crippen molar-refractivity contribution in [2.45, 2.75) is 40.1 Å². The van der Waals surface area contributed by atoms with Crippen LogP contribution in [0.15, 0.2) is 52.2 Å². The molecule has 1 amide bonds. The van der Waals surface area contributed by atoms with E-state index in [0.717, 1.165) is 27.5 Å². The lowest BCUT2D eigenvalue weighted by atomic mass is 9.97. The van der Waals surface area contributed by atoms with E-state index in [2.05, 4.69) is 48.5 Å². The summed E-state index contributed by atoms with van der Waals surface area (Å²) >= 11 is 6.78. The molecule has 4 aromatic rings. The number of halogens is 5. The zero-order valence-electron chi connectivity index (χ0n) is 20.0. The first-order valence-electron chi connectivity index (χ1n) is 11.7. The van der Waals surface area contributed by atoms with Gasteiger partial charge in [0.1, 0.15) is 12.1 Å². The third kappa shape index (κ3) is 5.72. The lowest BCUT2D eigenvalue weighted by Gasteiger charge is -2.31. The Morgan fingerprint density at radius 1 is 1.18 bits per heavy atom. The fraction of sp³-hybridized carbons (Fsp3) is 0.333. The molecule has 1 aromatic carbocycles. The Labute approximate surface area is 247 Å². The van der Waals surface area contributed by atoms with Gasteiger partial charge in [0, 0.05) is 44.5 Å². The van der Waals surface area contributed by atoms with Crippen molar-refractivity contribution in [3.8, 4) is 11.3 Å². The second-order valence-electron chi connectivity index (χ2n) is 8.96. The summed E-state index contributed by atoms with van der Waals surface area (Å²) in [5, 5.41) is 0.828. The molecule has 39 heavy (non-hydrogen) atoms. The van der Waals surface area contributed by atoms with Crippen LogP contribution in [0.25, 0.3) is 22.4 Å². The maximum Gasteiger partial charge on any atom is 0.501 e. The molecule has 4 heterocycles. The first kappa shape index (κ1) is 28.4. The van der Waals surface area contributed by atoms with Crippen LogP contribution in [0.2, 0.25) is 0 Å². The number of carbonyl (C=O) groups is 1. The standard InChI is InChI=1S/C24H20BrF3IN5O3S2/c25-16-8-15(9-17(10-16)39(36,37)24(26,27)28)21-19(11-29)38-23(32-21)14-3-6-33(7-4-14)20(35)12-34-13-31-18-2-1-5-30-22(18)34/h1-2,5,8-10,13-14H,3-4,6-7,11-12H2. The predicted molar refractivity (Wildman–Crippen MR) is 152 cm³/mol. The topological polar surface area (TPSA) is 98.1 Å². The van der Waals surface area contributed by atoms with Crippen LogP contribution in [0, 0.1) is 0 Å². The van der Waals surface area contributed by atoms with Crippen LogP contribution >= 0.6 is 49.9 Å². The zero-order valence-corrected chi connectivity index (χ0v) is 25.4. The van der Waals surface area contributed by atoms with Gasteiger partial charge in [0.15, 0.2) is 5.65 Å².